The molecule has 15 heavy (non-hydrogen) atoms. The maximum absolute atomic E-state index is 8.95. The predicted octanol–water partition coefficient (Wildman–Crippen LogP) is 2.08. The molecular formula is C12H22N2O. The second kappa shape index (κ2) is 5.48. The average Bonchev–Trinajstić information content (AvgIpc) is 2.62. The Morgan fingerprint density at radius 1 is 1.47 bits per heavy atom. The third-order valence-corrected chi connectivity index (χ3v) is 3.01. The van der Waals surface area contributed by atoms with Crippen LogP contribution in [0.2, 0.25) is 0 Å². The number of hydrogen-bond donors (Lipinski definition) is 1. The lowest BCUT2D eigenvalue weighted by molar-refractivity contribution is -0.0109. The van der Waals surface area contributed by atoms with Crippen LogP contribution >= 0.6 is 0 Å². The topological polar surface area (TPSA) is 45.0 Å². The SMILES string of the molecule is CCOC(C)(C)CNC1CCCC1C#N. The summed E-state index contributed by atoms with van der Waals surface area (Å²) in [6.45, 7) is 7.74. The van der Waals surface area contributed by atoms with Crippen molar-refractivity contribution in [3.05, 3.63) is 0 Å². The number of nitriles is 1. The van der Waals surface area contributed by atoms with Crippen LogP contribution in [-0.4, -0.2) is 24.8 Å². The summed E-state index contributed by atoms with van der Waals surface area (Å²) in [6.07, 6.45) is 3.34. The Morgan fingerprint density at radius 3 is 2.80 bits per heavy atom. The smallest absolute Gasteiger partial charge is 0.0750 e. The van der Waals surface area contributed by atoms with Crippen molar-refractivity contribution < 1.29 is 4.74 Å². The van der Waals surface area contributed by atoms with Crippen LogP contribution in [0.3, 0.4) is 0 Å². The molecule has 0 amide bonds. The van der Waals surface area contributed by atoms with Gasteiger partial charge >= 0.3 is 0 Å². The average molecular weight is 210 g/mol. The van der Waals surface area contributed by atoms with E-state index in [4.69, 9.17) is 10.00 Å². The van der Waals surface area contributed by atoms with E-state index in [9.17, 15) is 0 Å². The Balaban J connectivity index is 2.33. The Bertz CT molecular complexity index is 232. The molecule has 1 saturated carbocycles. The zero-order chi connectivity index (χ0) is 11.3. The quantitative estimate of drug-likeness (QED) is 0.755. The molecule has 0 bridgehead atoms. The van der Waals surface area contributed by atoms with Gasteiger partial charge in [-0.2, -0.15) is 5.26 Å². The summed E-state index contributed by atoms with van der Waals surface area (Å²) < 4.78 is 5.61. The molecule has 2 unspecified atom stereocenters. The lowest BCUT2D eigenvalue weighted by Gasteiger charge is -2.27. The first-order valence-electron chi connectivity index (χ1n) is 5.86. The van der Waals surface area contributed by atoms with Gasteiger partial charge in [0.15, 0.2) is 0 Å². The van der Waals surface area contributed by atoms with Crippen molar-refractivity contribution in [3.8, 4) is 6.07 Å². The number of nitrogens with zero attached hydrogens (tertiary/aromatic N) is 1. The Labute approximate surface area is 92.8 Å². The molecule has 1 fully saturated rings. The van der Waals surface area contributed by atoms with E-state index >= 15 is 0 Å². The van der Waals surface area contributed by atoms with Gasteiger partial charge in [-0.15, -0.1) is 0 Å². The molecule has 3 heteroatoms. The van der Waals surface area contributed by atoms with E-state index in [-0.39, 0.29) is 11.5 Å². The molecule has 0 spiro atoms. The third kappa shape index (κ3) is 3.81. The van der Waals surface area contributed by atoms with Gasteiger partial charge in [0.1, 0.15) is 0 Å². The first kappa shape index (κ1) is 12.5. The fourth-order valence-corrected chi connectivity index (χ4v) is 2.18. The molecular weight excluding hydrogens is 188 g/mol. The van der Waals surface area contributed by atoms with Gasteiger partial charge < -0.3 is 10.1 Å². The van der Waals surface area contributed by atoms with Crippen LogP contribution in [0.5, 0.6) is 0 Å². The van der Waals surface area contributed by atoms with Gasteiger partial charge in [0.25, 0.3) is 0 Å². The summed E-state index contributed by atoms with van der Waals surface area (Å²) in [5.41, 5.74) is -0.128. The van der Waals surface area contributed by atoms with Gasteiger partial charge in [0.2, 0.25) is 0 Å². The van der Waals surface area contributed by atoms with E-state index < -0.39 is 0 Å². The summed E-state index contributed by atoms with van der Waals surface area (Å²) in [4.78, 5) is 0. The molecule has 0 aromatic rings. The predicted molar refractivity (Wildman–Crippen MR) is 60.4 cm³/mol. The summed E-state index contributed by atoms with van der Waals surface area (Å²) in [6, 6.07) is 2.75. The molecule has 0 aromatic heterocycles. The molecule has 1 rings (SSSR count). The number of ether oxygens (including phenoxy) is 1. The van der Waals surface area contributed by atoms with Crippen LogP contribution in [0.15, 0.2) is 0 Å². The van der Waals surface area contributed by atoms with E-state index in [0.29, 0.717) is 6.04 Å². The maximum Gasteiger partial charge on any atom is 0.0750 e. The first-order chi connectivity index (χ1) is 7.09. The van der Waals surface area contributed by atoms with E-state index in [1.165, 1.54) is 6.42 Å². The zero-order valence-corrected chi connectivity index (χ0v) is 10.0. The van der Waals surface area contributed by atoms with Gasteiger partial charge in [-0.25, -0.2) is 0 Å². The van der Waals surface area contributed by atoms with Crippen molar-refractivity contribution >= 4 is 0 Å². The summed E-state index contributed by atoms with van der Waals surface area (Å²) in [7, 11) is 0. The second-order valence-electron chi connectivity index (χ2n) is 4.85. The molecule has 3 nitrogen and oxygen atoms in total. The highest BCUT2D eigenvalue weighted by Gasteiger charge is 2.28. The third-order valence-electron chi connectivity index (χ3n) is 3.01. The number of nitrogens with one attached hydrogen (secondary N) is 1. The van der Waals surface area contributed by atoms with Crippen molar-refractivity contribution in [2.24, 2.45) is 5.92 Å². The van der Waals surface area contributed by atoms with Crippen LogP contribution in [0.1, 0.15) is 40.0 Å². The minimum Gasteiger partial charge on any atom is -0.375 e. The molecule has 0 saturated heterocycles. The molecule has 1 N–H and O–H groups in total. The minimum atomic E-state index is -0.128. The molecule has 0 aromatic carbocycles. The van der Waals surface area contributed by atoms with E-state index in [1.54, 1.807) is 0 Å². The Hall–Kier alpha value is -0.590. The highest BCUT2D eigenvalue weighted by molar-refractivity contribution is 4.97. The van der Waals surface area contributed by atoms with E-state index in [0.717, 1.165) is 26.0 Å². The van der Waals surface area contributed by atoms with Crippen LogP contribution in [-0.2, 0) is 4.74 Å². The standard InChI is InChI=1S/C12H22N2O/c1-4-15-12(2,3)9-14-11-7-5-6-10(11)8-13/h10-11,14H,4-7,9H2,1-3H3. The fourth-order valence-electron chi connectivity index (χ4n) is 2.18. The van der Waals surface area contributed by atoms with Gasteiger partial charge in [-0.3, -0.25) is 0 Å². The number of hydrogen-bond acceptors (Lipinski definition) is 3. The second-order valence-corrected chi connectivity index (χ2v) is 4.85. The van der Waals surface area contributed by atoms with E-state index in [1.807, 2.05) is 6.92 Å². The lowest BCUT2D eigenvalue weighted by Crippen LogP contribution is -2.43. The molecule has 0 heterocycles. The van der Waals surface area contributed by atoms with Crippen molar-refractivity contribution in [1.82, 2.24) is 5.32 Å². The highest BCUT2D eigenvalue weighted by Crippen LogP contribution is 2.25. The summed E-state index contributed by atoms with van der Waals surface area (Å²) >= 11 is 0. The molecule has 86 valence electrons. The van der Waals surface area contributed by atoms with Gasteiger partial charge in [-0.05, 0) is 33.6 Å². The lowest BCUT2D eigenvalue weighted by atomic mass is 10.0. The number of rotatable bonds is 5. The first-order valence-corrected chi connectivity index (χ1v) is 5.86. The summed E-state index contributed by atoms with van der Waals surface area (Å²) in [5, 5.41) is 12.4. The minimum absolute atomic E-state index is 0.128. The molecule has 0 aliphatic heterocycles. The van der Waals surface area contributed by atoms with Gasteiger partial charge in [0.05, 0.1) is 17.6 Å². The van der Waals surface area contributed by atoms with Crippen LogP contribution in [0, 0.1) is 17.2 Å². The monoisotopic (exact) mass is 210 g/mol. The molecule has 2 atom stereocenters. The van der Waals surface area contributed by atoms with Gasteiger partial charge in [-0.1, -0.05) is 6.42 Å². The van der Waals surface area contributed by atoms with Crippen molar-refractivity contribution in [1.29, 1.82) is 5.26 Å². The zero-order valence-electron chi connectivity index (χ0n) is 10.0. The highest BCUT2D eigenvalue weighted by atomic mass is 16.5. The largest absolute Gasteiger partial charge is 0.375 e. The normalized spacial score (nSPS) is 26.5. The Kier molecular flexibility index (Phi) is 4.56. The molecule has 1 aliphatic carbocycles. The van der Waals surface area contributed by atoms with E-state index in [2.05, 4.69) is 25.2 Å². The van der Waals surface area contributed by atoms with Crippen molar-refractivity contribution in [2.75, 3.05) is 13.2 Å². The van der Waals surface area contributed by atoms with Crippen molar-refractivity contribution in [3.63, 3.8) is 0 Å². The fraction of sp³-hybridized carbons (Fsp3) is 0.917. The maximum atomic E-state index is 8.95. The van der Waals surface area contributed by atoms with Crippen LogP contribution in [0.4, 0.5) is 0 Å². The summed E-state index contributed by atoms with van der Waals surface area (Å²) in [5.74, 6) is 0.197. The molecule has 1 aliphatic rings. The van der Waals surface area contributed by atoms with Gasteiger partial charge in [0, 0.05) is 19.2 Å². The molecule has 0 radical (unpaired) electrons. The van der Waals surface area contributed by atoms with Crippen LogP contribution in [0.25, 0.3) is 0 Å². The Morgan fingerprint density at radius 2 is 2.20 bits per heavy atom. The van der Waals surface area contributed by atoms with Crippen molar-refractivity contribution in [2.45, 2.75) is 51.7 Å². The van der Waals surface area contributed by atoms with Crippen LogP contribution < -0.4 is 5.32 Å².